The van der Waals surface area contributed by atoms with Crippen LogP contribution in [0.15, 0.2) is 25.3 Å². The average molecular weight is 182 g/mol. The molecule has 0 aromatic heterocycles. The maximum atomic E-state index is 9.36. The highest BCUT2D eigenvalue weighted by Gasteiger charge is 1.99. The van der Waals surface area contributed by atoms with Gasteiger partial charge in [0.15, 0.2) is 0 Å². The lowest BCUT2D eigenvalue weighted by Crippen LogP contribution is -2.03. The molecule has 0 spiro atoms. The molecule has 76 valence electrons. The maximum absolute atomic E-state index is 9.36. The molecule has 0 fully saturated rings. The van der Waals surface area contributed by atoms with Gasteiger partial charge in [0.05, 0.1) is 6.10 Å². The number of hydrogen-bond acceptors (Lipinski definition) is 1. The van der Waals surface area contributed by atoms with Crippen LogP contribution in [-0.2, 0) is 0 Å². The fourth-order valence-electron chi connectivity index (χ4n) is 1.33. The van der Waals surface area contributed by atoms with E-state index in [2.05, 4.69) is 13.2 Å². The first-order valence-electron chi connectivity index (χ1n) is 5.21. The second kappa shape index (κ2) is 9.53. The quantitative estimate of drug-likeness (QED) is 0.428. The third kappa shape index (κ3) is 9.35. The highest BCUT2D eigenvalue weighted by molar-refractivity contribution is 4.72. The minimum atomic E-state index is -0.170. The van der Waals surface area contributed by atoms with E-state index in [-0.39, 0.29) is 6.10 Å². The van der Waals surface area contributed by atoms with Gasteiger partial charge in [-0.15, -0.1) is 13.2 Å². The molecular weight excluding hydrogens is 160 g/mol. The van der Waals surface area contributed by atoms with Gasteiger partial charge >= 0.3 is 0 Å². The normalized spacial score (nSPS) is 12.4. The third-order valence-corrected chi connectivity index (χ3v) is 2.13. The lowest BCUT2D eigenvalue weighted by molar-refractivity contribution is 0.164. The molecule has 0 heterocycles. The second-order valence-electron chi connectivity index (χ2n) is 3.46. The molecule has 0 aromatic rings. The van der Waals surface area contributed by atoms with Crippen LogP contribution in [-0.4, -0.2) is 11.2 Å². The van der Waals surface area contributed by atoms with E-state index in [1.54, 1.807) is 6.08 Å². The Balaban J connectivity index is 3.05. The van der Waals surface area contributed by atoms with Crippen molar-refractivity contribution < 1.29 is 5.11 Å². The summed E-state index contributed by atoms with van der Waals surface area (Å²) in [5.74, 6) is 0. The van der Waals surface area contributed by atoms with E-state index in [9.17, 15) is 5.11 Å². The molecule has 0 aromatic carbocycles. The molecule has 0 rings (SSSR count). The standard InChI is InChI=1S/C12H22O/c1-3-5-6-7-8-9-11-12(13)10-4-2/h3-4,12-13H,1-2,5-11H2. The summed E-state index contributed by atoms with van der Waals surface area (Å²) >= 11 is 0. The van der Waals surface area contributed by atoms with Crippen molar-refractivity contribution in [1.29, 1.82) is 0 Å². The highest BCUT2D eigenvalue weighted by atomic mass is 16.3. The summed E-state index contributed by atoms with van der Waals surface area (Å²) in [6, 6.07) is 0. The molecule has 0 saturated heterocycles. The Hall–Kier alpha value is -0.560. The van der Waals surface area contributed by atoms with Crippen LogP contribution in [0.1, 0.15) is 44.9 Å². The van der Waals surface area contributed by atoms with Gasteiger partial charge in [-0.1, -0.05) is 31.4 Å². The van der Waals surface area contributed by atoms with Crippen molar-refractivity contribution in [3.63, 3.8) is 0 Å². The number of unbranched alkanes of at least 4 members (excludes halogenated alkanes) is 4. The SMILES string of the molecule is C=CCCCCCCC(O)CC=C. The zero-order valence-corrected chi connectivity index (χ0v) is 8.54. The van der Waals surface area contributed by atoms with E-state index >= 15 is 0 Å². The number of aliphatic hydroxyl groups is 1. The molecule has 1 unspecified atom stereocenters. The van der Waals surface area contributed by atoms with Gasteiger partial charge in [-0.3, -0.25) is 0 Å². The smallest absolute Gasteiger partial charge is 0.0574 e. The van der Waals surface area contributed by atoms with E-state index in [4.69, 9.17) is 0 Å². The number of aliphatic hydroxyl groups excluding tert-OH is 1. The molecule has 1 atom stereocenters. The van der Waals surface area contributed by atoms with E-state index in [1.165, 1.54) is 19.3 Å². The summed E-state index contributed by atoms with van der Waals surface area (Å²) in [6.45, 7) is 7.28. The Kier molecular flexibility index (Phi) is 9.12. The van der Waals surface area contributed by atoms with E-state index in [0.717, 1.165) is 25.7 Å². The molecule has 13 heavy (non-hydrogen) atoms. The molecule has 0 aliphatic rings. The summed E-state index contributed by atoms with van der Waals surface area (Å²) in [6.07, 6.45) is 11.2. The first kappa shape index (κ1) is 12.4. The molecule has 1 nitrogen and oxygen atoms in total. The fourth-order valence-corrected chi connectivity index (χ4v) is 1.33. The first-order chi connectivity index (χ1) is 6.31. The van der Waals surface area contributed by atoms with Crippen molar-refractivity contribution in [3.8, 4) is 0 Å². The van der Waals surface area contributed by atoms with E-state index in [0.29, 0.717) is 0 Å². The molecular formula is C12H22O. The van der Waals surface area contributed by atoms with Crippen LogP contribution < -0.4 is 0 Å². The minimum absolute atomic E-state index is 0.170. The zero-order valence-electron chi connectivity index (χ0n) is 8.54. The first-order valence-corrected chi connectivity index (χ1v) is 5.21. The lowest BCUT2D eigenvalue weighted by atomic mass is 10.1. The van der Waals surface area contributed by atoms with E-state index in [1.807, 2.05) is 6.08 Å². The van der Waals surface area contributed by atoms with Crippen LogP contribution in [0, 0.1) is 0 Å². The Bertz CT molecular complexity index is 129. The third-order valence-electron chi connectivity index (χ3n) is 2.13. The van der Waals surface area contributed by atoms with Crippen LogP contribution in [0.5, 0.6) is 0 Å². The molecule has 0 aliphatic carbocycles. The Labute approximate surface area is 82.2 Å². The van der Waals surface area contributed by atoms with Crippen LogP contribution in [0.2, 0.25) is 0 Å². The van der Waals surface area contributed by atoms with Crippen molar-refractivity contribution >= 4 is 0 Å². The average Bonchev–Trinajstić information content (AvgIpc) is 2.11. The Morgan fingerprint density at radius 1 is 1.00 bits per heavy atom. The van der Waals surface area contributed by atoms with Crippen molar-refractivity contribution in [2.45, 2.75) is 51.0 Å². The molecule has 1 heteroatoms. The predicted molar refractivity (Wildman–Crippen MR) is 58.7 cm³/mol. The van der Waals surface area contributed by atoms with Gasteiger partial charge in [-0.05, 0) is 25.7 Å². The minimum Gasteiger partial charge on any atom is -0.393 e. The van der Waals surface area contributed by atoms with Crippen LogP contribution in [0.3, 0.4) is 0 Å². The van der Waals surface area contributed by atoms with Gasteiger partial charge in [0.1, 0.15) is 0 Å². The Morgan fingerprint density at radius 3 is 2.31 bits per heavy atom. The molecule has 0 radical (unpaired) electrons. The Morgan fingerprint density at radius 2 is 1.69 bits per heavy atom. The van der Waals surface area contributed by atoms with E-state index < -0.39 is 0 Å². The number of rotatable bonds is 9. The predicted octanol–water partition coefficient (Wildman–Crippen LogP) is 3.45. The van der Waals surface area contributed by atoms with Crippen molar-refractivity contribution in [2.75, 3.05) is 0 Å². The van der Waals surface area contributed by atoms with Gasteiger partial charge in [0.2, 0.25) is 0 Å². The monoisotopic (exact) mass is 182 g/mol. The molecule has 0 saturated carbocycles. The molecule has 1 N–H and O–H groups in total. The summed E-state index contributed by atoms with van der Waals surface area (Å²) in [7, 11) is 0. The summed E-state index contributed by atoms with van der Waals surface area (Å²) in [5.41, 5.74) is 0. The van der Waals surface area contributed by atoms with Gasteiger partial charge in [0, 0.05) is 0 Å². The number of allylic oxidation sites excluding steroid dienone is 1. The topological polar surface area (TPSA) is 20.2 Å². The molecule has 0 amide bonds. The maximum Gasteiger partial charge on any atom is 0.0574 e. The van der Waals surface area contributed by atoms with Gasteiger partial charge in [-0.2, -0.15) is 0 Å². The van der Waals surface area contributed by atoms with Crippen LogP contribution in [0.25, 0.3) is 0 Å². The fraction of sp³-hybridized carbons (Fsp3) is 0.667. The van der Waals surface area contributed by atoms with Crippen molar-refractivity contribution in [3.05, 3.63) is 25.3 Å². The zero-order chi connectivity index (χ0) is 9.94. The van der Waals surface area contributed by atoms with Crippen LogP contribution >= 0.6 is 0 Å². The lowest BCUT2D eigenvalue weighted by Gasteiger charge is -2.06. The summed E-state index contributed by atoms with van der Waals surface area (Å²) < 4.78 is 0. The van der Waals surface area contributed by atoms with Gasteiger partial charge in [-0.25, -0.2) is 0 Å². The molecule has 0 aliphatic heterocycles. The number of hydrogen-bond donors (Lipinski definition) is 1. The van der Waals surface area contributed by atoms with Crippen LogP contribution in [0.4, 0.5) is 0 Å². The highest BCUT2D eigenvalue weighted by Crippen LogP contribution is 2.09. The summed E-state index contributed by atoms with van der Waals surface area (Å²) in [4.78, 5) is 0. The largest absolute Gasteiger partial charge is 0.393 e. The summed E-state index contributed by atoms with van der Waals surface area (Å²) in [5, 5.41) is 9.36. The van der Waals surface area contributed by atoms with Crippen molar-refractivity contribution in [1.82, 2.24) is 0 Å². The molecule has 0 bridgehead atoms. The van der Waals surface area contributed by atoms with Gasteiger partial charge < -0.3 is 5.11 Å². The van der Waals surface area contributed by atoms with Gasteiger partial charge in [0.25, 0.3) is 0 Å². The van der Waals surface area contributed by atoms with Crippen molar-refractivity contribution in [2.24, 2.45) is 0 Å². The second-order valence-corrected chi connectivity index (χ2v) is 3.46.